The van der Waals surface area contributed by atoms with Gasteiger partial charge in [0, 0.05) is 18.6 Å². The van der Waals surface area contributed by atoms with Crippen LogP contribution in [0.4, 0.5) is 0 Å². The Hall–Kier alpha value is -0.860. The number of piperidine rings is 1. The van der Waals surface area contributed by atoms with Crippen LogP contribution in [-0.2, 0) is 6.54 Å². The molecule has 1 aromatic carbocycles. The molecule has 1 N–H and O–H groups in total. The largest absolute Gasteiger partial charge is 0.310 e. The fraction of sp³-hybridized carbons (Fsp3) is 0.667. The molecule has 2 rings (SSSR count). The molecule has 0 amide bonds. The third-order valence-electron chi connectivity index (χ3n) is 4.50. The van der Waals surface area contributed by atoms with Crippen LogP contribution < -0.4 is 5.32 Å². The molecule has 1 fully saturated rings. The Balaban J connectivity index is 1.76. The van der Waals surface area contributed by atoms with E-state index < -0.39 is 0 Å². The number of benzene rings is 1. The predicted octanol–water partition coefficient (Wildman–Crippen LogP) is 3.77. The lowest BCUT2D eigenvalue weighted by Crippen LogP contribution is -2.44. The van der Waals surface area contributed by atoms with Crippen LogP contribution in [0.15, 0.2) is 24.3 Å². The maximum atomic E-state index is 3.72. The van der Waals surface area contributed by atoms with E-state index in [0.717, 1.165) is 6.54 Å². The fourth-order valence-corrected chi connectivity index (χ4v) is 2.90. The Bertz CT molecular complexity index is 386. The van der Waals surface area contributed by atoms with Crippen molar-refractivity contribution in [2.45, 2.75) is 65.1 Å². The summed E-state index contributed by atoms with van der Waals surface area (Å²) in [5.74, 6) is 0.623. The van der Waals surface area contributed by atoms with Crippen molar-refractivity contribution in [3.8, 4) is 0 Å². The molecule has 20 heavy (non-hydrogen) atoms. The normalized spacial score (nSPS) is 18.1. The summed E-state index contributed by atoms with van der Waals surface area (Å²) < 4.78 is 0. The van der Waals surface area contributed by atoms with E-state index in [0.29, 0.717) is 18.0 Å². The van der Waals surface area contributed by atoms with Gasteiger partial charge in [0.05, 0.1) is 0 Å². The molecule has 1 aromatic rings. The summed E-state index contributed by atoms with van der Waals surface area (Å²) >= 11 is 0. The van der Waals surface area contributed by atoms with Gasteiger partial charge in [-0.2, -0.15) is 0 Å². The molecule has 0 spiro atoms. The van der Waals surface area contributed by atoms with Gasteiger partial charge in [0.25, 0.3) is 0 Å². The maximum absolute atomic E-state index is 3.72. The van der Waals surface area contributed by atoms with E-state index in [-0.39, 0.29) is 0 Å². The van der Waals surface area contributed by atoms with Gasteiger partial charge in [-0.1, -0.05) is 38.1 Å². The van der Waals surface area contributed by atoms with Gasteiger partial charge in [0.2, 0.25) is 0 Å². The molecule has 0 bridgehead atoms. The van der Waals surface area contributed by atoms with Crippen LogP contribution in [-0.4, -0.2) is 30.1 Å². The third-order valence-corrected chi connectivity index (χ3v) is 4.50. The maximum Gasteiger partial charge on any atom is 0.0208 e. The monoisotopic (exact) mass is 274 g/mol. The minimum absolute atomic E-state index is 0.623. The fourth-order valence-electron chi connectivity index (χ4n) is 2.90. The molecule has 0 saturated carbocycles. The summed E-state index contributed by atoms with van der Waals surface area (Å²) in [5.41, 5.74) is 2.83. The summed E-state index contributed by atoms with van der Waals surface area (Å²) in [5, 5.41) is 3.72. The third kappa shape index (κ3) is 4.32. The summed E-state index contributed by atoms with van der Waals surface area (Å²) in [6.07, 6.45) is 2.56. The first kappa shape index (κ1) is 15.5. The summed E-state index contributed by atoms with van der Waals surface area (Å²) in [7, 11) is 0. The number of rotatable bonds is 5. The van der Waals surface area contributed by atoms with Crippen LogP contribution in [0, 0.1) is 0 Å². The van der Waals surface area contributed by atoms with Crippen LogP contribution in [0.3, 0.4) is 0 Å². The van der Waals surface area contributed by atoms with Crippen molar-refractivity contribution in [3.63, 3.8) is 0 Å². The van der Waals surface area contributed by atoms with Crippen molar-refractivity contribution in [1.29, 1.82) is 0 Å². The summed E-state index contributed by atoms with van der Waals surface area (Å²) in [6.45, 7) is 12.6. The number of nitrogens with zero attached hydrogens (tertiary/aromatic N) is 1. The first-order chi connectivity index (χ1) is 9.56. The zero-order chi connectivity index (χ0) is 14.5. The molecule has 1 heterocycles. The molecule has 0 aliphatic carbocycles. The van der Waals surface area contributed by atoms with Gasteiger partial charge in [-0.05, 0) is 56.8 Å². The second-order valence-corrected chi connectivity index (χ2v) is 6.68. The van der Waals surface area contributed by atoms with Crippen LogP contribution in [0.2, 0.25) is 0 Å². The van der Waals surface area contributed by atoms with Gasteiger partial charge in [0.15, 0.2) is 0 Å². The topological polar surface area (TPSA) is 15.3 Å². The highest BCUT2D eigenvalue weighted by molar-refractivity contribution is 5.24. The van der Waals surface area contributed by atoms with Crippen molar-refractivity contribution in [2.75, 3.05) is 13.1 Å². The van der Waals surface area contributed by atoms with Crippen molar-refractivity contribution < 1.29 is 0 Å². The second kappa shape index (κ2) is 7.24. The first-order valence-corrected chi connectivity index (χ1v) is 8.12. The average molecular weight is 274 g/mol. The number of hydrogen-bond donors (Lipinski definition) is 1. The lowest BCUT2D eigenvalue weighted by atomic mass is 10.0. The molecule has 0 atom stereocenters. The highest BCUT2D eigenvalue weighted by Crippen LogP contribution is 2.16. The molecule has 2 heteroatoms. The van der Waals surface area contributed by atoms with Gasteiger partial charge in [-0.3, -0.25) is 0 Å². The highest BCUT2D eigenvalue weighted by Gasteiger charge is 2.20. The highest BCUT2D eigenvalue weighted by atomic mass is 15.2. The average Bonchev–Trinajstić information content (AvgIpc) is 2.46. The van der Waals surface area contributed by atoms with E-state index in [2.05, 4.69) is 62.2 Å². The Labute approximate surface area is 124 Å². The molecule has 1 aliphatic heterocycles. The molecule has 1 saturated heterocycles. The van der Waals surface area contributed by atoms with Crippen molar-refractivity contribution in [3.05, 3.63) is 35.4 Å². The van der Waals surface area contributed by atoms with Crippen LogP contribution >= 0.6 is 0 Å². The Morgan fingerprint density at radius 1 is 1.05 bits per heavy atom. The van der Waals surface area contributed by atoms with E-state index in [1.165, 1.54) is 37.1 Å². The SMILES string of the molecule is CC(C)c1ccc(CNC2CCN(C(C)C)CC2)cc1. The van der Waals surface area contributed by atoms with Gasteiger partial charge >= 0.3 is 0 Å². The second-order valence-electron chi connectivity index (χ2n) is 6.68. The van der Waals surface area contributed by atoms with Crippen LogP contribution in [0.25, 0.3) is 0 Å². The molecule has 0 radical (unpaired) electrons. The predicted molar refractivity (Wildman–Crippen MR) is 87.1 cm³/mol. The first-order valence-electron chi connectivity index (χ1n) is 8.12. The summed E-state index contributed by atoms with van der Waals surface area (Å²) in [4.78, 5) is 2.58. The number of likely N-dealkylation sites (tertiary alicyclic amines) is 1. The lowest BCUT2D eigenvalue weighted by molar-refractivity contribution is 0.161. The Morgan fingerprint density at radius 2 is 1.65 bits per heavy atom. The molecule has 1 aliphatic rings. The number of hydrogen-bond acceptors (Lipinski definition) is 2. The minimum Gasteiger partial charge on any atom is -0.310 e. The van der Waals surface area contributed by atoms with E-state index in [9.17, 15) is 0 Å². The van der Waals surface area contributed by atoms with E-state index in [1.54, 1.807) is 0 Å². The molecule has 0 unspecified atom stereocenters. The van der Waals surface area contributed by atoms with Gasteiger partial charge in [0.1, 0.15) is 0 Å². The molecular weight excluding hydrogens is 244 g/mol. The van der Waals surface area contributed by atoms with E-state index in [1.807, 2.05) is 0 Å². The quantitative estimate of drug-likeness (QED) is 0.879. The van der Waals surface area contributed by atoms with E-state index >= 15 is 0 Å². The zero-order valence-electron chi connectivity index (χ0n) is 13.5. The van der Waals surface area contributed by atoms with Gasteiger partial charge in [-0.15, -0.1) is 0 Å². The van der Waals surface area contributed by atoms with Gasteiger partial charge < -0.3 is 10.2 Å². The minimum atomic E-state index is 0.623. The van der Waals surface area contributed by atoms with Crippen LogP contribution in [0.1, 0.15) is 57.6 Å². The van der Waals surface area contributed by atoms with Crippen molar-refractivity contribution in [2.24, 2.45) is 0 Å². The van der Waals surface area contributed by atoms with Crippen LogP contribution in [0.5, 0.6) is 0 Å². The molecular formula is C18H30N2. The van der Waals surface area contributed by atoms with Gasteiger partial charge in [-0.25, -0.2) is 0 Å². The molecule has 0 aromatic heterocycles. The smallest absolute Gasteiger partial charge is 0.0208 e. The van der Waals surface area contributed by atoms with Crippen molar-refractivity contribution >= 4 is 0 Å². The number of nitrogens with one attached hydrogen (secondary N) is 1. The molecule has 2 nitrogen and oxygen atoms in total. The molecule has 112 valence electrons. The zero-order valence-corrected chi connectivity index (χ0v) is 13.5. The summed E-state index contributed by atoms with van der Waals surface area (Å²) in [6, 6.07) is 10.5. The standard InChI is InChI=1S/C18H30N2/c1-14(2)17-7-5-16(6-8-17)13-19-18-9-11-20(12-10-18)15(3)4/h5-8,14-15,18-19H,9-13H2,1-4H3. The van der Waals surface area contributed by atoms with E-state index in [4.69, 9.17) is 0 Å². The Morgan fingerprint density at radius 3 is 2.15 bits per heavy atom. The Kier molecular flexibility index (Phi) is 5.62. The lowest BCUT2D eigenvalue weighted by Gasteiger charge is -2.35. The van der Waals surface area contributed by atoms with Crippen molar-refractivity contribution in [1.82, 2.24) is 10.2 Å².